The van der Waals surface area contributed by atoms with Gasteiger partial charge in [-0.1, -0.05) is 13.8 Å². The first-order valence-corrected chi connectivity index (χ1v) is 10.2. The number of ether oxygens (including phenoxy) is 1. The molecule has 0 aliphatic carbocycles. The van der Waals surface area contributed by atoms with Crippen LogP contribution >= 0.6 is 0 Å². The number of terminal acetylenes is 1. The van der Waals surface area contributed by atoms with E-state index in [1.54, 1.807) is 13.8 Å². The van der Waals surface area contributed by atoms with Crippen LogP contribution in [0.4, 0.5) is 0 Å². The number of nitrogens with zero attached hydrogens (tertiary/aromatic N) is 1. The summed E-state index contributed by atoms with van der Waals surface area (Å²) >= 11 is 0. The van der Waals surface area contributed by atoms with E-state index in [1.807, 2.05) is 13.8 Å². The first kappa shape index (κ1) is 26.8. The smallest absolute Gasteiger partial charge is 0.253 e. The molecule has 1 aliphatic heterocycles. The quantitative estimate of drug-likeness (QED) is 0.255. The number of amides is 5. The molecule has 0 fully saturated rings. The van der Waals surface area contributed by atoms with Crippen LogP contribution in [-0.4, -0.2) is 66.8 Å². The molecule has 10 nitrogen and oxygen atoms in total. The summed E-state index contributed by atoms with van der Waals surface area (Å²) in [5.41, 5.74) is 3.78. The van der Waals surface area contributed by atoms with Gasteiger partial charge >= 0.3 is 0 Å². The maximum Gasteiger partial charge on any atom is 0.253 e. The normalized spacial score (nSPS) is 14.8. The van der Waals surface area contributed by atoms with Gasteiger partial charge in [-0.3, -0.25) is 28.9 Å². The molecule has 0 aromatic carbocycles. The third kappa shape index (κ3) is 8.51. The predicted octanol–water partition coefficient (Wildman–Crippen LogP) is -0.520. The average molecular weight is 449 g/mol. The molecule has 1 aliphatic rings. The predicted molar refractivity (Wildman–Crippen MR) is 116 cm³/mol. The molecule has 0 saturated heterocycles. The molecular formula is C22H32N4O6. The lowest BCUT2D eigenvalue weighted by atomic mass is 9.89. The lowest BCUT2D eigenvalue weighted by Gasteiger charge is -2.28. The highest BCUT2D eigenvalue weighted by Gasteiger charge is 2.31. The van der Waals surface area contributed by atoms with Crippen LogP contribution in [0.25, 0.3) is 0 Å². The Morgan fingerprint density at radius 1 is 1.16 bits per heavy atom. The Kier molecular flexibility index (Phi) is 9.59. The molecule has 0 aromatic heterocycles. The van der Waals surface area contributed by atoms with E-state index in [0.717, 1.165) is 4.90 Å². The van der Waals surface area contributed by atoms with Gasteiger partial charge in [0, 0.05) is 38.1 Å². The van der Waals surface area contributed by atoms with Crippen molar-refractivity contribution in [2.75, 3.05) is 26.3 Å². The van der Waals surface area contributed by atoms with Crippen molar-refractivity contribution in [1.82, 2.24) is 15.5 Å². The average Bonchev–Trinajstić information content (AvgIpc) is 2.98. The third-order valence-corrected chi connectivity index (χ3v) is 4.73. The Hall–Kier alpha value is -3.19. The number of nitrogens with two attached hydrogens (primary N) is 1. The molecule has 176 valence electrons. The standard InChI is InChI=1S/C22H32N4O6/c1-6-7-15(19(23)30)25-16(27)12-21(2,3)13-32-14-22(4,5)20(31)24-10-11-26-17(28)8-9-18(26)29/h1,8-9,15H,7,10-14H2,2-5H3,(H2,23,30)(H,24,31)(H,25,27). The monoisotopic (exact) mass is 448 g/mol. The summed E-state index contributed by atoms with van der Waals surface area (Å²) in [6, 6.07) is -0.922. The second-order valence-corrected chi connectivity index (χ2v) is 9.07. The SMILES string of the molecule is C#CCC(NC(=O)CC(C)(C)COCC(C)(C)C(=O)NCCN1C(=O)C=CC1=O)C(N)=O. The van der Waals surface area contributed by atoms with Crippen molar-refractivity contribution >= 4 is 29.5 Å². The molecule has 0 radical (unpaired) electrons. The molecule has 1 heterocycles. The van der Waals surface area contributed by atoms with Crippen LogP contribution in [0, 0.1) is 23.2 Å². The van der Waals surface area contributed by atoms with E-state index in [4.69, 9.17) is 16.9 Å². The van der Waals surface area contributed by atoms with Gasteiger partial charge < -0.3 is 21.1 Å². The molecule has 0 spiro atoms. The molecule has 0 saturated carbocycles. The van der Waals surface area contributed by atoms with Crippen LogP contribution in [-0.2, 0) is 28.7 Å². The minimum absolute atomic E-state index is 0.0118. The molecule has 0 aromatic rings. The molecule has 5 amide bonds. The second kappa shape index (κ2) is 11.4. The Bertz CT molecular complexity index is 807. The number of rotatable bonds is 13. The second-order valence-electron chi connectivity index (χ2n) is 9.07. The van der Waals surface area contributed by atoms with Gasteiger partial charge in [0.15, 0.2) is 0 Å². The maximum absolute atomic E-state index is 12.5. The fourth-order valence-corrected chi connectivity index (χ4v) is 2.89. The zero-order valence-corrected chi connectivity index (χ0v) is 19.0. The van der Waals surface area contributed by atoms with Crippen LogP contribution < -0.4 is 16.4 Å². The van der Waals surface area contributed by atoms with Gasteiger partial charge in [-0.05, 0) is 19.3 Å². The number of imide groups is 1. The Morgan fingerprint density at radius 3 is 2.28 bits per heavy atom. The Morgan fingerprint density at radius 2 is 1.75 bits per heavy atom. The zero-order valence-electron chi connectivity index (χ0n) is 19.0. The molecular weight excluding hydrogens is 416 g/mol. The van der Waals surface area contributed by atoms with Crippen LogP contribution in [0.2, 0.25) is 0 Å². The number of carbonyl (C=O) groups excluding carboxylic acids is 5. The van der Waals surface area contributed by atoms with Gasteiger partial charge in [0.25, 0.3) is 11.8 Å². The lowest BCUT2D eigenvalue weighted by molar-refractivity contribution is -0.138. The Labute approximate surface area is 188 Å². The zero-order chi connectivity index (χ0) is 24.5. The summed E-state index contributed by atoms with van der Waals surface area (Å²) in [5, 5.41) is 5.22. The summed E-state index contributed by atoms with van der Waals surface area (Å²) in [7, 11) is 0. The fourth-order valence-electron chi connectivity index (χ4n) is 2.89. The molecule has 1 unspecified atom stereocenters. The van der Waals surface area contributed by atoms with Crippen molar-refractivity contribution in [3.63, 3.8) is 0 Å². The van der Waals surface area contributed by atoms with Crippen LogP contribution in [0.5, 0.6) is 0 Å². The van der Waals surface area contributed by atoms with Crippen molar-refractivity contribution in [3.05, 3.63) is 12.2 Å². The van der Waals surface area contributed by atoms with E-state index in [1.165, 1.54) is 12.2 Å². The van der Waals surface area contributed by atoms with Gasteiger partial charge in [-0.25, -0.2) is 0 Å². The molecule has 1 atom stereocenters. The number of carbonyl (C=O) groups is 5. The van der Waals surface area contributed by atoms with Gasteiger partial charge in [0.2, 0.25) is 17.7 Å². The topological polar surface area (TPSA) is 148 Å². The van der Waals surface area contributed by atoms with E-state index in [-0.39, 0.29) is 51.0 Å². The largest absolute Gasteiger partial charge is 0.380 e. The highest BCUT2D eigenvalue weighted by Crippen LogP contribution is 2.23. The molecule has 4 N–H and O–H groups in total. The lowest BCUT2D eigenvalue weighted by Crippen LogP contribution is -2.46. The molecule has 0 bridgehead atoms. The number of hydrogen-bond donors (Lipinski definition) is 3. The van der Waals surface area contributed by atoms with Crippen molar-refractivity contribution in [3.8, 4) is 12.3 Å². The van der Waals surface area contributed by atoms with Crippen molar-refractivity contribution in [2.45, 2.75) is 46.6 Å². The number of primary amides is 1. The summed E-state index contributed by atoms with van der Waals surface area (Å²) in [6.07, 6.45) is 7.63. The summed E-state index contributed by atoms with van der Waals surface area (Å²) in [5.74, 6) is 0.116. The third-order valence-electron chi connectivity index (χ3n) is 4.73. The van der Waals surface area contributed by atoms with Crippen LogP contribution in [0.15, 0.2) is 12.2 Å². The minimum Gasteiger partial charge on any atom is -0.380 e. The summed E-state index contributed by atoms with van der Waals surface area (Å²) in [4.78, 5) is 60.1. The van der Waals surface area contributed by atoms with Gasteiger partial charge in [-0.2, -0.15) is 0 Å². The van der Waals surface area contributed by atoms with Crippen molar-refractivity contribution in [1.29, 1.82) is 0 Å². The van der Waals surface area contributed by atoms with E-state index < -0.39 is 34.6 Å². The van der Waals surface area contributed by atoms with Crippen molar-refractivity contribution in [2.24, 2.45) is 16.6 Å². The Balaban J connectivity index is 2.43. The van der Waals surface area contributed by atoms with E-state index in [9.17, 15) is 24.0 Å². The fraction of sp³-hybridized carbons (Fsp3) is 0.591. The van der Waals surface area contributed by atoms with Crippen LogP contribution in [0.1, 0.15) is 40.5 Å². The molecule has 10 heteroatoms. The van der Waals surface area contributed by atoms with Gasteiger partial charge in [0.1, 0.15) is 6.04 Å². The van der Waals surface area contributed by atoms with E-state index in [2.05, 4.69) is 16.6 Å². The highest BCUT2D eigenvalue weighted by atomic mass is 16.5. The molecule has 1 rings (SSSR count). The first-order chi connectivity index (χ1) is 14.8. The number of nitrogens with one attached hydrogen (secondary N) is 2. The maximum atomic E-state index is 12.5. The summed E-state index contributed by atoms with van der Waals surface area (Å²) in [6.45, 7) is 7.54. The first-order valence-electron chi connectivity index (χ1n) is 10.2. The minimum atomic E-state index is -0.922. The van der Waals surface area contributed by atoms with Crippen molar-refractivity contribution < 1.29 is 28.7 Å². The summed E-state index contributed by atoms with van der Waals surface area (Å²) < 4.78 is 5.71. The van der Waals surface area contributed by atoms with E-state index in [0.29, 0.717) is 0 Å². The van der Waals surface area contributed by atoms with E-state index >= 15 is 0 Å². The van der Waals surface area contributed by atoms with Gasteiger partial charge in [-0.15, -0.1) is 12.3 Å². The molecule has 32 heavy (non-hydrogen) atoms. The highest BCUT2D eigenvalue weighted by molar-refractivity contribution is 6.12. The van der Waals surface area contributed by atoms with Crippen LogP contribution in [0.3, 0.4) is 0 Å². The number of hydrogen-bond acceptors (Lipinski definition) is 6. The van der Waals surface area contributed by atoms with Gasteiger partial charge in [0.05, 0.1) is 18.6 Å².